The lowest BCUT2D eigenvalue weighted by molar-refractivity contribution is -0.120. The second-order valence-corrected chi connectivity index (χ2v) is 4.22. The van der Waals surface area contributed by atoms with Crippen molar-refractivity contribution in [3.63, 3.8) is 0 Å². The minimum atomic E-state index is -2.85. The molecule has 18 heavy (non-hydrogen) atoms. The van der Waals surface area contributed by atoms with Crippen LogP contribution in [0.5, 0.6) is 5.75 Å². The van der Waals surface area contributed by atoms with Crippen molar-refractivity contribution in [2.24, 2.45) is 5.73 Å². The molecule has 0 spiro atoms. The number of ether oxygens (including phenoxy) is 1. The van der Waals surface area contributed by atoms with E-state index in [2.05, 4.69) is 10.1 Å². The van der Waals surface area contributed by atoms with E-state index < -0.39 is 18.6 Å². The number of nitrogens with one attached hydrogen (secondary N) is 1. The van der Waals surface area contributed by atoms with E-state index in [1.165, 1.54) is 12.1 Å². The Labute approximate surface area is 103 Å². The third kappa shape index (κ3) is 3.40. The number of alkyl halides is 2. The molecule has 3 N–H and O–H groups in total. The molecule has 1 aliphatic carbocycles. The van der Waals surface area contributed by atoms with Crippen LogP contribution in [0.15, 0.2) is 24.3 Å². The van der Waals surface area contributed by atoms with Gasteiger partial charge < -0.3 is 10.5 Å². The average Bonchev–Trinajstić information content (AvgIpc) is 3.10. The van der Waals surface area contributed by atoms with Crippen molar-refractivity contribution in [1.82, 2.24) is 5.32 Å². The van der Waals surface area contributed by atoms with Crippen LogP contribution in [0, 0.1) is 0 Å². The van der Waals surface area contributed by atoms with E-state index in [-0.39, 0.29) is 5.75 Å². The fourth-order valence-electron chi connectivity index (χ4n) is 1.67. The standard InChI is InChI=1S/C12H14F2N2O2/c13-12(14)18-9-5-1-7(2-6-9)10(11(15)17)16-8-3-4-8/h1-2,5-6,8,10,12,16H,3-4H2,(H2,15,17). The summed E-state index contributed by atoms with van der Waals surface area (Å²) in [6.07, 6.45) is 2.05. The smallest absolute Gasteiger partial charge is 0.387 e. The van der Waals surface area contributed by atoms with Crippen molar-refractivity contribution in [2.45, 2.75) is 31.5 Å². The van der Waals surface area contributed by atoms with Crippen molar-refractivity contribution in [3.05, 3.63) is 29.8 Å². The third-order valence-electron chi connectivity index (χ3n) is 2.70. The first kappa shape index (κ1) is 12.8. The van der Waals surface area contributed by atoms with Gasteiger partial charge in [0.05, 0.1) is 0 Å². The molecule has 1 amide bonds. The molecular formula is C12H14F2N2O2. The van der Waals surface area contributed by atoms with E-state index in [9.17, 15) is 13.6 Å². The molecule has 2 rings (SSSR count). The second-order valence-electron chi connectivity index (χ2n) is 4.22. The number of rotatable bonds is 6. The van der Waals surface area contributed by atoms with Gasteiger partial charge in [-0.25, -0.2) is 0 Å². The van der Waals surface area contributed by atoms with Gasteiger partial charge in [0, 0.05) is 6.04 Å². The van der Waals surface area contributed by atoms with Crippen LogP contribution in [0.2, 0.25) is 0 Å². The van der Waals surface area contributed by atoms with Crippen molar-refractivity contribution in [3.8, 4) is 5.75 Å². The highest BCUT2D eigenvalue weighted by atomic mass is 19.3. The molecular weight excluding hydrogens is 242 g/mol. The quantitative estimate of drug-likeness (QED) is 0.812. The topological polar surface area (TPSA) is 64.4 Å². The number of hydrogen-bond acceptors (Lipinski definition) is 3. The molecule has 1 aliphatic rings. The summed E-state index contributed by atoms with van der Waals surface area (Å²) in [5.41, 5.74) is 5.96. The molecule has 0 radical (unpaired) electrons. The molecule has 6 heteroatoms. The van der Waals surface area contributed by atoms with E-state index >= 15 is 0 Å². The van der Waals surface area contributed by atoms with Gasteiger partial charge in [-0.05, 0) is 30.5 Å². The van der Waals surface area contributed by atoms with E-state index in [0.717, 1.165) is 12.8 Å². The molecule has 0 aliphatic heterocycles. The summed E-state index contributed by atoms with van der Waals surface area (Å²) in [4.78, 5) is 11.3. The van der Waals surface area contributed by atoms with E-state index in [0.29, 0.717) is 11.6 Å². The van der Waals surface area contributed by atoms with Gasteiger partial charge in [-0.2, -0.15) is 8.78 Å². The molecule has 98 valence electrons. The number of carbonyl (C=O) groups excluding carboxylic acids is 1. The molecule has 0 saturated heterocycles. The average molecular weight is 256 g/mol. The summed E-state index contributed by atoms with van der Waals surface area (Å²) in [7, 11) is 0. The maximum atomic E-state index is 12.0. The molecule has 1 fully saturated rings. The van der Waals surface area contributed by atoms with Gasteiger partial charge in [-0.1, -0.05) is 12.1 Å². The minimum Gasteiger partial charge on any atom is -0.435 e. The molecule has 4 nitrogen and oxygen atoms in total. The number of hydrogen-bond donors (Lipinski definition) is 2. The van der Waals surface area contributed by atoms with Gasteiger partial charge in [0.25, 0.3) is 0 Å². The number of nitrogens with two attached hydrogens (primary N) is 1. The molecule has 0 bridgehead atoms. The monoisotopic (exact) mass is 256 g/mol. The normalized spacial score (nSPS) is 16.6. The van der Waals surface area contributed by atoms with Crippen LogP contribution >= 0.6 is 0 Å². The number of carbonyl (C=O) groups is 1. The lowest BCUT2D eigenvalue weighted by atomic mass is 10.1. The summed E-state index contributed by atoms with van der Waals surface area (Å²) in [6, 6.07) is 5.64. The summed E-state index contributed by atoms with van der Waals surface area (Å²) >= 11 is 0. The Kier molecular flexibility index (Phi) is 3.76. The molecule has 1 aromatic rings. The molecule has 1 saturated carbocycles. The van der Waals surface area contributed by atoms with Crippen molar-refractivity contribution < 1.29 is 18.3 Å². The largest absolute Gasteiger partial charge is 0.435 e. The molecule has 0 aromatic heterocycles. The number of halogens is 2. The predicted octanol–water partition coefficient (Wildman–Crippen LogP) is 1.57. The Morgan fingerprint density at radius 3 is 2.39 bits per heavy atom. The maximum absolute atomic E-state index is 12.0. The van der Waals surface area contributed by atoms with Crippen LogP contribution in [0.1, 0.15) is 24.4 Å². The summed E-state index contributed by atoms with van der Waals surface area (Å²) in [5.74, 6) is -0.423. The van der Waals surface area contributed by atoms with Crippen LogP contribution in [0.3, 0.4) is 0 Å². The first-order chi connectivity index (χ1) is 8.56. The van der Waals surface area contributed by atoms with Gasteiger partial charge >= 0.3 is 6.61 Å². The van der Waals surface area contributed by atoms with Crippen LogP contribution in [0.25, 0.3) is 0 Å². The third-order valence-corrected chi connectivity index (χ3v) is 2.70. The Morgan fingerprint density at radius 2 is 1.94 bits per heavy atom. The summed E-state index contributed by atoms with van der Waals surface area (Å²) in [6.45, 7) is -2.85. The van der Waals surface area contributed by atoms with Gasteiger partial charge in [0.2, 0.25) is 5.91 Å². The van der Waals surface area contributed by atoms with E-state index in [1.807, 2.05) is 0 Å². The Morgan fingerprint density at radius 1 is 1.33 bits per heavy atom. The van der Waals surface area contributed by atoms with Crippen LogP contribution in [0.4, 0.5) is 8.78 Å². The Balaban J connectivity index is 2.07. The number of benzene rings is 1. The lowest BCUT2D eigenvalue weighted by Crippen LogP contribution is -2.34. The highest BCUT2D eigenvalue weighted by Gasteiger charge is 2.28. The van der Waals surface area contributed by atoms with Crippen LogP contribution in [-0.2, 0) is 4.79 Å². The molecule has 0 heterocycles. The van der Waals surface area contributed by atoms with Gasteiger partial charge in [0.1, 0.15) is 11.8 Å². The van der Waals surface area contributed by atoms with Gasteiger partial charge in [-0.15, -0.1) is 0 Å². The second kappa shape index (κ2) is 5.30. The Hall–Kier alpha value is -1.69. The zero-order valence-corrected chi connectivity index (χ0v) is 9.61. The minimum absolute atomic E-state index is 0.0587. The predicted molar refractivity (Wildman–Crippen MR) is 61.2 cm³/mol. The van der Waals surface area contributed by atoms with Gasteiger partial charge in [-0.3, -0.25) is 10.1 Å². The van der Waals surface area contributed by atoms with E-state index in [4.69, 9.17) is 5.73 Å². The summed E-state index contributed by atoms with van der Waals surface area (Å²) < 4.78 is 28.2. The highest BCUT2D eigenvalue weighted by molar-refractivity contribution is 5.81. The van der Waals surface area contributed by atoms with Crippen molar-refractivity contribution in [1.29, 1.82) is 0 Å². The van der Waals surface area contributed by atoms with E-state index in [1.54, 1.807) is 12.1 Å². The molecule has 1 unspecified atom stereocenters. The SMILES string of the molecule is NC(=O)C(NC1CC1)c1ccc(OC(F)F)cc1. The summed E-state index contributed by atoms with van der Waals surface area (Å²) in [5, 5.41) is 3.10. The maximum Gasteiger partial charge on any atom is 0.387 e. The van der Waals surface area contributed by atoms with Crippen molar-refractivity contribution >= 4 is 5.91 Å². The number of primary amides is 1. The molecule has 1 atom stereocenters. The van der Waals surface area contributed by atoms with Crippen molar-refractivity contribution in [2.75, 3.05) is 0 Å². The fraction of sp³-hybridized carbons (Fsp3) is 0.417. The first-order valence-corrected chi connectivity index (χ1v) is 5.66. The molecule has 1 aromatic carbocycles. The zero-order valence-electron chi connectivity index (χ0n) is 9.61. The van der Waals surface area contributed by atoms with Crippen LogP contribution < -0.4 is 15.8 Å². The lowest BCUT2D eigenvalue weighted by Gasteiger charge is -2.15. The number of amides is 1. The Bertz CT molecular complexity index is 419. The van der Waals surface area contributed by atoms with Gasteiger partial charge in [0.15, 0.2) is 0 Å². The fourth-order valence-corrected chi connectivity index (χ4v) is 1.67. The highest BCUT2D eigenvalue weighted by Crippen LogP contribution is 2.25. The first-order valence-electron chi connectivity index (χ1n) is 5.66. The zero-order chi connectivity index (χ0) is 13.1. The van der Waals surface area contributed by atoms with Crippen LogP contribution in [-0.4, -0.2) is 18.6 Å².